The smallest absolute Gasteiger partial charge is 0.191 e. The molecule has 0 saturated carbocycles. The first kappa shape index (κ1) is 17.8. The van der Waals surface area contributed by atoms with Crippen LogP contribution in [0.15, 0.2) is 40.8 Å². The highest BCUT2D eigenvalue weighted by molar-refractivity contribution is 7.10. The third-order valence-electron chi connectivity index (χ3n) is 3.44. The number of halogens is 1. The molecule has 6 heteroatoms. The van der Waals surface area contributed by atoms with Crippen LogP contribution in [-0.4, -0.2) is 24.0 Å². The van der Waals surface area contributed by atoms with Gasteiger partial charge >= 0.3 is 0 Å². The Labute approximate surface area is 147 Å². The fraction of sp³-hybridized carbons (Fsp3) is 0.412. The fourth-order valence-electron chi connectivity index (χ4n) is 2.07. The highest BCUT2D eigenvalue weighted by atomic mass is 35.5. The number of hydrogen-bond acceptors (Lipinski definition) is 3. The summed E-state index contributed by atoms with van der Waals surface area (Å²) < 4.78 is 0. The van der Waals surface area contributed by atoms with Crippen LogP contribution in [0.2, 0.25) is 5.15 Å². The molecule has 0 spiro atoms. The molecule has 0 amide bonds. The third kappa shape index (κ3) is 5.52. The van der Waals surface area contributed by atoms with E-state index in [-0.39, 0.29) is 5.41 Å². The lowest BCUT2D eigenvalue weighted by atomic mass is 9.91. The van der Waals surface area contributed by atoms with Gasteiger partial charge in [0.2, 0.25) is 0 Å². The van der Waals surface area contributed by atoms with Crippen molar-refractivity contribution in [1.29, 1.82) is 0 Å². The zero-order valence-electron chi connectivity index (χ0n) is 13.8. The minimum absolute atomic E-state index is 0.0617. The summed E-state index contributed by atoms with van der Waals surface area (Å²) in [6.45, 7) is 8.74. The van der Waals surface area contributed by atoms with Crippen molar-refractivity contribution in [3.8, 4) is 0 Å². The van der Waals surface area contributed by atoms with Crippen molar-refractivity contribution in [2.45, 2.75) is 32.7 Å². The number of aliphatic imine (C=N–C) groups is 1. The summed E-state index contributed by atoms with van der Waals surface area (Å²) in [5.74, 6) is 0.812. The third-order valence-corrected chi connectivity index (χ3v) is 4.90. The predicted molar refractivity (Wildman–Crippen MR) is 99.4 cm³/mol. The van der Waals surface area contributed by atoms with Crippen molar-refractivity contribution in [3.63, 3.8) is 0 Å². The number of guanidine groups is 1. The first-order chi connectivity index (χ1) is 11.0. The quantitative estimate of drug-likeness (QED) is 0.473. The topological polar surface area (TPSA) is 49.3 Å². The maximum absolute atomic E-state index is 5.80. The largest absolute Gasteiger partial charge is 0.357 e. The van der Waals surface area contributed by atoms with E-state index in [0.29, 0.717) is 11.7 Å². The average molecular weight is 351 g/mol. The molecule has 0 radical (unpaired) electrons. The summed E-state index contributed by atoms with van der Waals surface area (Å²) >= 11 is 7.59. The summed E-state index contributed by atoms with van der Waals surface area (Å²) in [5, 5.41) is 9.32. The Balaban J connectivity index is 1.97. The number of nitrogens with one attached hydrogen (secondary N) is 2. The molecule has 0 atom stereocenters. The Bertz CT molecular complexity index is 621. The van der Waals surface area contributed by atoms with E-state index in [1.807, 2.05) is 6.07 Å². The Morgan fingerprint density at radius 1 is 1.30 bits per heavy atom. The van der Waals surface area contributed by atoms with E-state index in [4.69, 9.17) is 11.6 Å². The zero-order valence-corrected chi connectivity index (χ0v) is 15.3. The molecule has 0 aromatic carbocycles. The zero-order chi connectivity index (χ0) is 16.7. The van der Waals surface area contributed by atoms with Gasteiger partial charge in [0.25, 0.3) is 0 Å². The van der Waals surface area contributed by atoms with Gasteiger partial charge in [0.05, 0.1) is 6.54 Å². The molecular weight excluding hydrogens is 328 g/mol. The normalized spacial score (nSPS) is 12.3. The molecule has 0 aliphatic heterocycles. The van der Waals surface area contributed by atoms with Crippen LogP contribution in [0.1, 0.15) is 31.2 Å². The van der Waals surface area contributed by atoms with Crippen LogP contribution in [0.25, 0.3) is 0 Å². The number of thiophene rings is 1. The molecule has 0 aliphatic carbocycles. The Morgan fingerprint density at radius 3 is 2.74 bits per heavy atom. The number of hydrogen-bond donors (Lipinski definition) is 2. The molecule has 0 fully saturated rings. The molecule has 124 valence electrons. The standard InChI is InChI=1S/C17H23ClN4S/c1-4-19-16(21-11-13-7-8-15(18)20-10-13)22-12-17(2,3)14-6-5-9-23-14/h5-10H,4,11-12H2,1-3H3,(H2,19,21,22). The second kappa shape index (κ2) is 8.31. The molecule has 23 heavy (non-hydrogen) atoms. The lowest BCUT2D eigenvalue weighted by Crippen LogP contribution is -2.43. The SMILES string of the molecule is CCNC(=NCc1ccc(Cl)nc1)NCC(C)(C)c1cccs1. The summed E-state index contributed by atoms with van der Waals surface area (Å²) in [7, 11) is 0. The maximum Gasteiger partial charge on any atom is 0.191 e. The number of nitrogens with zero attached hydrogens (tertiary/aromatic N) is 2. The van der Waals surface area contributed by atoms with Crippen LogP contribution < -0.4 is 10.6 Å². The molecule has 2 heterocycles. The van der Waals surface area contributed by atoms with Crippen molar-refractivity contribution in [2.24, 2.45) is 4.99 Å². The van der Waals surface area contributed by atoms with Crippen molar-refractivity contribution in [3.05, 3.63) is 51.4 Å². The molecule has 2 N–H and O–H groups in total. The Hall–Kier alpha value is -1.59. The molecule has 2 aromatic heterocycles. The predicted octanol–water partition coefficient (Wildman–Crippen LogP) is 3.83. The van der Waals surface area contributed by atoms with E-state index in [1.54, 1.807) is 23.6 Å². The van der Waals surface area contributed by atoms with Crippen LogP contribution in [0.4, 0.5) is 0 Å². The van der Waals surface area contributed by atoms with Gasteiger partial charge in [-0.3, -0.25) is 0 Å². The first-order valence-corrected chi connectivity index (χ1v) is 8.93. The Kier molecular flexibility index (Phi) is 6.42. The highest BCUT2D eigenvalue weighted by Gasteiger charge is 2.21. The second-order valence-corrected chi connectivity index (χ2v) is 7.23. The molecule has 4 nitrogen and oxygen atoms in total. The fourth-order valence-corrected chi connectivity index (χ4v) is 3.03. The van der Waals surface area contributed by atoms with E-state index in [9.17, 15) is 0 Å². The molecular formula is C17H23ClN4S. The van der Waals surface area contributed by atoms with E-state index >= 15 is 0 Å². The van der Waals surface area contributed by atoms with Gasteiger partial charge in [0, 0.05) is 29.6 Å². The van der Waals surface area contributed by atoms with Gasteiger partial charge in [-0.05, 0) is 30.0 Å². The molecule has 0 bridgehead atoms. The molecule has 2 aromatic rings. The lowest BCUT2D eigenvalue weighted by Gasteiger charge is -2.25. The molecule has 0 unspecified atom stereocenters. The van der Waals surface area contributed by atoms with Crippen molar-refractivity contribution in [1.82, 2.24) is 15.6 Å². The van der Waals surface area contributed by atoms with Gasteiger partial charge in [0.15, 0.2) is 5.96 Å². The molecule has 0 aliphatic rings. The van der Waals surface area contributed by atoms with Crippen LogP contribution in [0, 0.1) is 0 Å². The first-order valence-electron chi connectivity index (χ1n) is 7.68. The Morgan fingerprint density at radius 2 is 2.13 bits per heavy atom. The summed E-state index contributed by atoms with van der Waals surface area (Å²) in [5.41, 5.74) is 1.09. The maximum atomic E-state index is 5.80. The summed E-state index contributed by atoms with van der Waals surface area (Å²) in [6, 6.07) is 8.00. The number of aromatic nitrogens is 1. The van der Waals surface area contributed by atoms with Gasteiger partial charge in [-0.1, -0.05) is 37.6 Å². The number of pyridine rings is 1. The van der Waals surface area contributed by atoms with Crippen LogP contribution >= 0.6 is 22.9 Å². The minimum Gasteiger partial charge on any atom is -0.357 e. The number of rotatable bonds is 6. The molecule has 0 saturated heterocycles. The monoisotopic (exact) mass is 350 g/mol. The minimum atomic E-state index is 0.0617. The van der Waals surface area contributed by atoms with E-state index in [0.717, 1.165) is 24.6 Å². The highest BCUT2D eigenvalue weighted by Crippen LogP contribution is 2.26. The van der Waals surface area contributed by atoms with E-state index < -0.39 is 0 Å². The van der Waals surface area contributed by atoms with Crippen LogP contribution in [-0.2, 0) is 12.0 Å². The van der Waals surface area contributed by atoms with E-state index in [2.05, 4.69) is 58.9 Å². The van der Waals surface area contributed by atoms with Gasteiger partial charge in [-0.2, -0.15) is 0 Å². The lowest BCUT2D eigenvalue weighted by molar-refractivity contribution is 0.518. The molecule has 2 rings (SSSR count). The average Bonchev–Trinajstić information content (AvgIpc) is 3.07. The van der Waals surface area contributed by atoms with Crippen LogP contribution in [0.3, 0.4) is 0 Å². The van der Waals surface area contributed by atoms with Gasteiger partial charge in [-0.25, -0.2) is 9.98 Å². The van der Waals surface area contributed by atoms with Gasteiger partial charge in [0.1, 0.15) is 5.15 Å². The van der Waals surface area contributed by atoms with E-state index in [1.165, 1.54) is 4.88 Å². The summed E-state index contributed by atoms with van der Waals surface area (Å²) in [4.78, 5) is 10.1. The summed E-state index contributed by atoms with van der Waals surface area (Å²) in [6.07, 6.45) is 1.75. The van der Waals surface area contributed by atoms with Gasteiger partial charge in [-0.15, -0.1) is 11.3 Å². The second-order valence-electron chi connectivity index (χ2n) is 5.90. The van der Waals surface area contributed by atoms with Crippen molar-refractivity contribution in [2.75, 3.05) is 13.1 Å². The van der Waals surface area contributed by atoms with Crippen LogP contribution in [0.5, 0.6) is 0 Å². The van der Waals surface area contributed by atoms with Gasteiger partial charge < -0.3 is 10.6 Å². The van der Waals surface area contributed by atoms with Crippen molar-refractivity contribution < 1.29 is 0 Å². The van der Waals surface area contributed by atoms with Crippen molar-refractivity contribution >= 4 is 28.9 Å².